The van der Waals surface area contributed by atoms with E-state index in [0.717, 1.165) is 25.7 Å². The Morgan fingerprint density at radius 2 is 1.65 bits per heavy atom. The van der Waals surface area contributed by atoms with Crippen molar-refractivity contribution in [2.24, 2.45) is 5.92 Å². The van der Waals surface area contributed by atoms with Gasteiger partial charge in [0.1, 0.15) is 6.04 Å². The zero-order valence-corrected chi connectivity index (χ0v) is 10.0. The van der Waals surface area contributed by atoms with Gasteiger partial charge in [0.25, 0.3) is 0 Å². The summed E-state index contributed by atoms with van der Waals surface area (Å²) in [5, 5.41) is 9.27. The molecule has 1 atom stereocenters. The van der Waals surface area contributed by atoms with Gasteiger partial charge in [0.15, 0.2) is 0 Å². The molecule has 17 heavy (non-hydrogen) atoms. The molecule has 0 spiro atoms. The van der Waals surface area contributed by atoms with Crippen LogP contribution < -0.4 is 0 Å². The Morgan fingerprint density at radius 1 is 1.06 bits per heavy atom. The monoisotopic (exact) mass is 234 g/mol. The van der Waals surface area contributed by atoms with Crippen molar-refractivity contribution in [1.82, 2.24) is 4.90 Å². The van der Waals surface area contributed by atoms with E-state index in [9.17, 15) is 14.9 Å². The number of piperidine rings is 1. The maximum atomic E-state index is 11.8. The van der Waals surface area contributed by atoms with Crippen LogP contribution in [0.25, 0.3) is 0 Å². The maximum Gasteiger partial charge on any atom is 0.230 e. The number of carbonyl (C=O) groups excluding carboxylic acids is 2. The van der Waals surface area contributed by atoms with Crippen LogP contribution in [0.1, 0.15) is 51.4 Å². The van der Waals surface area contributed by atoms with Crippen LogP contribution in [-0.2, 0) is 9.59 Å². The van der Waals surface area contributed by atoms with Gasteiger partial charge in [-0.15, -0.1) is 0 Å². The molecule has 1 heterocycles. The Morgan fingerprint density at radius 3 is 2.18 bits per heavy atom. The van der Waals surface area contributed by atoms with E-state index >= 15 is 0 Å². The number of hydrogen-bond acceptors (Lipinski definition) is 3. The first-order valence-corrected chi connectivity index (χ1v) is 6.48. The fraction of sp³-hybridized carbons (Fsp3) is 0.769. The van der Waals surface area contributed by atoms with Gasteiger partial charge in [0, 0.05) is 12.8 Å². The summed E-state index contributed by atoms with van der Waals surface area (Å²) < 4.78 is 0. The second-order valence-electron chi connectivity index (χ2n) is 4.98. The smallest absolute Gasteiger partial charge is 0.230 e. The average Bonchev–Trinajstić information content (AvgIpc) is 2.35. The summed E-state index contributed by atoms with van der Waals surface area (Å²) in [7, 11) is 0. The lowest BCUT2D eigenvalue weighted by atomic mass is 9.83. The van der Waals surface area contributed by atoms with Crippen LogP contribution in [0.15, 0.2) is 0 Å². The van der Waals surface area contributed by atoms with E-state index in [1.807, 2.05) is 0 Å². The van der Waals surface area contributed by atoms with E-state index in [0.29, 0.717) is 19.3 Å². The molecule has 0 N–H and O–H groups in total. The molecule has 1 unspecified atom stereocenters. The molecule has 2 amide bonds. The van der Waals surface area contributed by atoms with Crippen molar-refractivity contribution in [2.75, 3.05) is 0 Å². The first-order valence-electron chi connectivity index (χ1n) is 6.48. The van der Waals surface area contributed by atoms with Crippen LogP contribution in [-0.4, -0.2) is 22.8 Å². The topological polar surface area (TPSA) is 61.2 Å². The van der Waals surface area contributed by atoms with E-state index in [-0.39, 0.29) is 17.7 Å². The van der Waals surface area contributed by atoms with E-state index in [2.05, 4.69) is 6.07 Å². The van der Waals surface area contributed by atoms with Crippen LogP contribution in [0.2, 0.25) is 0 Å². The number of hydrogen-bond donors (Lipinski definition) is 0. The second-order valence-corrected chi connectivity index (χ2v) is 4.98. The first-order chi connectivity index (χ1) is 8.24. The van der Waals surface area contributed by atoms with Crippen molar-refractivity contribution in [3.05, 3.63) is 0 Å². The molecule has 0 bridgehead atoms. The molecular formula is C13H18N2O2. The summed E-state index contributed by atoms with van der Waals surface area (Å²) in [6.07, 6.45) is 6.82. The molecule has 0 radical (unpaired) electrons. The number of amides is 2. The van der Waals surface area contributed by atoms with Crippen LogP contribution in [0.5, 0.6) is 0 Å². The van der Waals surface area contributed by atoms with Gasteiger partial charge in [-0.2, -0.15) is 5.26 Å². The van der Waals surface area contributed by atoms with E-state index in [4.69, 9.17) is 0 Å². The van der Waals surface area contributed by atoms with Gasteiger partial charge < -0.3 is 0 Å². The third kappa shape index (κ3) is 2.49. The lowest BCUT2D eigenvalue weighted by Crippen LogP contribution is -2.49. The number of nitriles is 1. The summed E-state index contributed by atoms with van der Waals surface area (Å²) in [6.45, 7) is 0. The number of carbonyl (C=O) groups is 2. The molecule has 4 heteroatoms. The molecule has 0 aromatic heterocycles. The highest BCUT2D eigenvalue weighted by Crippen LogP contribution is 2.30. The summed E-state index contributed by atoms with van der Waals surface area (Å²) >= 11 is 0. The largest absolute Gasteiger partial charge is 0.274 e. The summed E-state index contributed by atoms with van der Waals surface area (Å²) in [4.78, 5) is 24.9. The minimum absolute atomic E-state index is 0.154. The minimum atomic E-state index is -0.518. The maximum absolute atomic E-state index is 11.8. The van der Waals surface area contributed by atoms with Crippen molar-refractivity contribution >= 4 is 11.8 Å². The lowest BCUT2D eigenvalue weighted by Gasteiger charge is -2.35. The Balaban J connectivity index is 2.13. The van der Waals surface area contributed by atoms with E-state index in [1.54, 1.807) is 0 Å². The van der Waals surface area contributed by atoms with Gasteiger partial charge in [-0.1, -0.05) is 19.3 Å². The van der Waals surface area contributed by atoms with Gasteiger partial charge in [0.05, 0.1) is 6.07 Å². The number of nitrogens with zero attached hydrogens (tertiary/aromatic N) is 2. The molecule has 0 aromatic carbocycles. The number of likely N-dealkylation sites (tertiary alicyclic amines) is 1. The predicted molar refractivity (Wildman–Crippen MR) is 61.7 cm³/mol. The molecular weight excluding hydrogens is 216 g/mol. The Labute approximate surface area is 102 Å². The van der Waals surface area contributed by atoms with Gasteiger partial charge in [-0.05, 0) is 25.2 Å². The van der Waals surface area contributed by atoms with Gasteiger partial charge in [0.2, 0.25) is 11.8 Å². The molecule has 4 nitrogen and oxygen atoms in total. The molecule has 1 aliphatic heterocycles. The third-order valence-corrected chi connectivity index (χ3v) is 3.83. The third-order valence-electron chi connectivity index (χ3n) is 3.83. The van der Waals surface area contributed by atoms with Crippen molar-refractivity contribution < 1.29 is 9.59 Å². The Kier molecular flexibility index (Phi) is 3.78. The molecule has 2 fully saturated rings. The summed E-state index contributed by atoms with van der Waals surface area (Å²) in [5.74, 6) is -0.114. The highest BCUT2D eigenvalue weighted by molar-refractivity contribution is 5.98. The normalized spacial score (nSPS) is 24.5. The van der Waals surface area contributed by atoms with Crippen LogP contribution in [0, 0.1) is 17.2 Å². The van der Waals surface area contributed by atoms with Crippen molar-refractivity contribution in [1.29, 1.82) is 5.26 Å². The van der Waals surface area contributed by atoms with Crippen molar-refractivity contribution in [3.8, 4) is 6.07 Å². The van der Waals surface area contributed by atoms with Crippen molar-refractivity contribution in [3.63, 3.8) is 0 Å². The first kappa shape index (κ1) is 12.1. The molecule has 2 aliphatic rings. The SMILES string of the molecule is N#CC(C1CCCCC1)N1C(=O)CCCC1=O. The fourth-order valence-electron chi connectivity index (χ4n) is 2.90. The van der Waals surface area contributed by atoms with Gasteiger partial charge in [-0.25, -0.2) is 0 Å². The molecule has 2 rings (SSSR count). The van der Waals surface area contributed by atoms with Crippen LogP contribution in [0.4, 0.5) is 0 Å². The second kappa shape index (κ2) is 5.31. The zero-order valence-electron chi connectivity index (χ0n) is 10.0. The number of rotatable bonds is 2. The van der Waals surface area contributed by atoms with Crippen LogP contribution >= 0.6 is 0 Å². The summed E-state index contributed by atoms with van der Waals surface area (Å²) in [5.41, 5.74) is 0. The number of imide groups is 1. The highest BCUT2D eigenvalue weighted by atomic mass is 16.2. The Hall–Kier alpha value is -1.37. The quantitative estimate of drug-likeness (QED) is 0.686. The lowest BCUT2D eigenvalue weighted by molar-refractivity contribution is -0.151. The van der Waals surface area contributed by atoms with Gasteiger partial charge in [-0.3, -0.25) is 14.5 Å². The molecule has 92 valence electrons. The average molecular weight is 234 g/mol. The standard InChI is InChI=1S/C13H18N2O2/c14-9-11(10-5-2-1-3-6-10)15-12(16)7-4-8-13(15)17/h10-11H,1-8H2. The molecule has 1 saturated carbocycles. The molecule has 1 saturated heterocycles. The Bertz CT molecular complexity index is 337. The molecule has 1 aliphatic carbocycles. The minimum Gasteiger partial charge on any atom is -0.274 e. The fourth-order valence-corrected chi connectivity index (χ4v) is 2.90. The van der Waals surface area contributed by atoms with E-state index in [1.165, 1.54) is 11.3 Å². The van der Waals surface area contributed by atoms with Crippen molar-refractivity contribution in [2.45, 2.75) is 57.4 Å². The summed E-state index contributed by atoms with van der Waals surface area (Å²) in [6, 6.07) is 1.67. The van der Waals surface area contributed by atoms with Gasteiger partial charge >= 0.3 is 0 Å². The van der Waals surface area contributed by atoms with Crippen LogP contribution in [0.3, 0.4) is 0 Å². The zero-order chi connectivity index (χ0) is 12.3. The molecule has 0 aromatic rings. The predicted octanol–water partition coefficient (Wildman–Crippen LogP) is 2.00. The highest BCUT2D eigenvalue weighted by Gasteiger charge is 2.37. The van der Waals surface area contributed by atoms with E-state index < -0.39 is 6.04 Å².